The molecule has 0 saturated carbocycles. The van der Waals surface area contributed by atoms with Gasteiger partial charge >= 0.3 is 6.09 Å². The van der Waals surface area contributed by atoms with Crippen LogP contribution in [0.2, 0.25) is 0 Å². The van der Waals surface area contributed by atoms with Gasteiger partial charge in [-0.2, -0.15) is 10.2 Å². The smallest absolute Gasteiger partial charge is 0.410 e. The highest BCUT2D eigenvalue weighted by Gasteiger charge is 2.40. The van der Waals surface area contributed by atoms with Crippen molar-refractivity contribution in [1.82, 2.24) is 39.4 Å². The van der Waals surface area contributed by atoms with Gasteiger partial charge in [0, 0.05) is 23.4 Å². The summed E-state index contributed by atoms with van der Waals surface area (Å²) in [6.07, 6.45) is 5.65. The van der Waals surface area contributed by atoms with Crippen LogP contribution in [0.5, 0.6) is 0 Å². The van der Waals surface area contributed by atoms with Crippen molar-refractivity contribution in [2.24, 2.45) is 0 Å². The second-order valence-electron chi connectivity index (χ2n) is 11.8. The van der Waals surface area contributed by atoms with E-state index in [9.17, 15) is 9.18 Å². The normalized spacial score (nSPS) is 16.7. The summed E-state index contributed by atoms with van der Waals surface area (Å²) in [5.41, 5.74) is 4.27. The fourth-order valence-electron chi connectivity index (χ4n) is 5.26. The molecule has 6 rings (SSSR count). The van der Waals surface area contributed by atoms with Gasteiger partial charge in [-0.25, -0.2) is 23.8 Å². The standard InChI is InChI=1S/C32H32FN9O2/c1-7-22-14-20(3)42(39-22)30-24(27-15-21(33)17-40(27)31(43)44-32(4,5)6)10-13-29(36-30)41-18-34-25-16-23(9-11-26(25)41)35-28-12-8-19(2)37-38-28/h1,8-14,16,18,21,27H,15,17H2,2-6H3,(H,35,38). The number of terminal acetylenes is 1. The third-order valence-electron chi connectivity index (χ3n) is 7.23. The van der Waals surface area contributed by atoms with Crippen LogP contribution in [0.15, 0.2) is 54.9 Å². The third-order valence-corrected chi connectivity index (χ3v) is 7.23. The number of nitrogens with zero attached hydrogens (tertiary/aromatic N) is 8. The van der Waals surface area contributed by atoms with Crippen molar-refractivity contribution in [2.45, 2.75) is 58.9 Å². The molecule has 5 heterocycles. The quantitative estimate of drug-likeness (QED) is 0.256. The summed E-state index contributed by atoms with van der Waals surface area (Å²) in [7, 11) is 0. The number of anilines is 2. The number of alkyl halides is 1. The first-order valence-electron chi connectivity index (χ1n) is 14.2. The largest absolute Gasteiger partial charge is 0.444 e. The molecule has 1 aliphatic rings. The third kappa shape index (κ3) is 5.68. The van der Waals surface area contributed by atoms with Crippen molar-refractivity contribution in [3.63, 3.8) is 0 Å². The van der Waals surface area contributed by atoms with E-state index in [-0.39, 0.29) is 13.0 Å². The molecule has 0 spiro atoms. The van der Waals surface area contributed by atoms with Gasteiger partial charge in [0.25, 0.3) is 0 Å². The molecule has 0 bridgehead atoms. The number of nitrogens with one attached hydrogen (secondary N) is 1. The highest BCUT2D eigenvalue weighted by atomic mass is 19.1. The number of carbonyl (C=O) groups excluding carboxylic acids is 1. The van der Waals surface area contributed by atoms with Gasteiger partial charge in [0.15, 0.2) is 11.6 Å². The van der Waals surface area contributed by atoms with Gasteiger partial charge in [0.1, 0.15) is 29.6 Å². The van der Waals surface area contributed by atoms with Crippen molar-refractivity contribution in [3.8, 4) is 24.0 Å². The topological polar surface area (TPSA) is 116 Å². The molecule has 44 heavy (non-hydrogen) atoms. The van der Waals surface area contributed by atoms with E-state index in [1.807, 2.05) is 60.9 Å². The lowest BCUT2D eigenvalue weighted by atomic mass is 10.0. The first kappa shape index (κ1) is 28.8. The van der Waals surface area contributed by atoms with Crippen LogP contribution in [0.1, 0.15) is 55.9 Å². The zero-order chi connectivity index (χ0) is 31.2. The molecule has 224 valence electrons. The molecule has 2 atom stereocenters. The molecule has 4 aromatic heterocycles. The van der Waals surface area contributed by atoms with Crippen LogP contribution in [0.3, 0.4) is 0 Å². The fourth-order valence-corrected chi connectivity index (χ4v) is 5.26. The number of halogens is 1. The Morgan fingerprint density at radius 1 is 1.11 bits per heavy atom. The van der Waals surface area contributed by atoms with E-state index in [1.165, 1.54) is 4.90 Å². The lowest BCUT2D eigenvalue weighted by molar-refractivity contribution is 0.0216. The monoisotopic (exact) mass is 593 g/mol. The van der Waals surface area contributed by atoms with E-state index < -0.39 is 23.9 Å². The van der Waals surface area contributed by atoms with E-state index >= 15 is 0 Å². The average molecular weight is 594 g/mol. The van der Waals surface area contributed by atoms with E-state index in [0.717, 1.165) is 28.1 Å². The highest BCUT2D eigenvalue weighted by Crippen LogP contribution is 2.38. The number of hydrogen-bond donors (Lipinski definition) is 1. The number of pyridine rings is 1. The number of amides is 1. The Hall–Kier alpha value is -5.31. The Labute approximate surface area is 254 Å². The summed E-state index contributed by atoms with van der Waals surface area (Å²) < 4.78 is 24.0. The molecule has 1 amide bonds. The van der Waals surface area contributed by atoms with Crippen molar-refractivity contribution in [2.75, 3.05) is 11.9 Å². The molecular formula is C32H32FN9O2. The van der Waals surface area contributed by atoms with Crippen LogP contribution < -0.4 is 5.32 Å². The lowest BCUT2D eigenvalue weighted by Gasteiger charge is -2.29. The Bertz CT molecular complexity index is 1900. The Balaban J connectivity index is 1.41. The Morgan fingerprint density at radius 3 is 2.64 bits per heavy atom. The Morgan fingerprint density at radius 2 is 1.93 bits per heavy atom. The number of rotatable bonds is 5. The summed E-state index contributed by atoms with van der Waals surface area (Å²) in [6.45, 7) is 9.01. The van der Waals surface area contributed by atoms with Crippen LogP contribution in [0.25, 0.3) is 22.7 Å². The van der Waals surface area contributed by atoms with Crippen LogP contribution in [-0.4, -0.2) is 63.8 Å². The molecular weight excluding hydrogens is 561 g/mol. The fraction of sp³-hybridized carbons (Fsp3) is 0.312. The van der Waals surface area contributed by atoms with Gasteiger partial charge in [0.05, 0.1) is 29.3 Å². The first-order chi connectivity index (χ1) is 21.0. The number of benzene rings is 1. The van der Waals surface area contributed by atoms with Crippen molar-refractivity contribution in [1.29, 1.82) is 0 Å². The van der Waals surface area contributed by atoms with E-state index in [2.05, 4.69) is 31.5 Å². The highest BCUT2D eigenvalue weighted by molar-refractivity contribution is 5.82. The second kappa shape index (κ2) is 11.1. The number of aryl methyl sites for hydroxylation is 2. The minimum Gasteiger partial charge on any atom is -0.444 e. The van der Waals surface area contributed by atoms with Crippen LogP contribution in [0, 0.1) is 26.2 Å². The predicted molar refractivity (Wildman–Crippen MR) is 164 cm³/mol. The van der Waals surface area contributed by atoms with Gasteiger partial charge < -0.3 is 10.1 Å². The van der Waals surface area contributed by atoms with Gasteiger partial charge in [-0.3, -0.25) is 9.47 Å². The molecule has 1 saturated heterocycles. The number of fused-ring (bicyclic) bond motifs is 1. The lowest BCUT2D eigenvalue weighted by Crippen LogP contribution is -2.37. The van der Waals surface area contributed by atoms with Crippen LogP contribution in [-0.2, 0) is 4.74 Å². The molecule has 0 aliphatic carbocycles. The van der Waals surface area contributed by atoms with Crippen LogP contribution >= 0.6 is 0 Å². The molecule has 1 aliphatic heterocycles. The molecule has 11 nitrogen and oxygen atoms in total. The molecule has 1 N–H and O–H groups in total. The number of likely N-dealkylation sites (tertiary alicyclic amines) is 1. The predicted octanol–water partition coefficient (Wildman–Crippen LogP) is 5.76. The molecule has 0 radical (unpaired) electrons. The zero-order valence-corrected chi connectivity index (χ0v) is 25.1. The maximum Gasteiger partial charge on any atom is 0.410 e. The first-order valence-corrected chi connectivity index (χ1v) is 14.2. The number of aromatic nitrogens is 7. The number of ether oxygens (including phenoxy) is 1. The molecule has 2 unspecified atom stereocenters. The van der Waals surface area contributed by atoms with Crippen molar-refractivity contribution in [3.05, 3.63) is 77.5 Å². The summed E-state index contributed by atoms with van der Waals surface area (Å²) >= 11 is 0. The maximum absolute atomic E-state index is 14.9. The van der Waals surface area contributed by atoms with Crippen molar-refractivity contribution < 1.29 is 13.9 Å². The van der Waals surface area contributed by atoms with Gasteiger partial charge in [-0.1, -0.05) is 0 Å². The summed E-state index contributed by atoms with van der Waals surface area (Å²) in [5, 5.41) is 16.1. The Kier molecular flexibility index (Phi) is 7.25. The van der Waals surface area contributed by atoms with Crippen molar-refractivity contribution >= 4 is 28.6 Å². The van der Waals surface area contributed by atoms with E-state index in [1.54, 1.807) is 37.8 Å². The zero-order valence-electron chi connectivity index (χ0n) is 25.1. The molecule has 1 fully saturated rings. The SMILES string of the molecule is C#Cc1cc(C)n(-c2nc(-n3cnc4cc(Nc5ccc(C)nn5)ccc43)ccc2C2CC(F)CN2C(=O)OC(C)(C)C)n1. The average Bonchev–Trinajstić information content (AvgIpc) is 3.69. The minimum atomic E-state index is -1.22. The number of hydrogen-bond acceptors (Lipinski definition) is 8. The molecule has 12 heteroatoms. The maximum atomic E-state index is 14.9. The minimum absolute atomic E-state index is 0.0782. The summed E-state index contributed by atoms with van der Waals surface area (Å²) in [5.74, 6) is 4.19. The van der Waals surface area contributed by atoms with E-state index in [0.29, 0.717) is 28.7 Å². The number of imidazole rings is 1. The van der Waals surface area contributed by atoms with Crippen LogP contribution in [0.4, 0.5) is 20.7 Å². The second-order valence-corrected chi connectivity index (χ2v) is 11.8. The van der Waals surface area contributed by atoms with Gasteiger partial charge in [0.2, 0.25) is 0 Å². The number of carbonyl (C=O) groups is 1. The summed E-state index contributed by atoms with van der Waals surface area (Å²) in [4.78, 5) is 24.2. The summed E-state index contributed by atoms with van der Waals surface area (Å²) in [6, 6.07) is 14.4. The van der Waals surface area contributed by atoms with Gasteiger partial charge in [-0.05, 0) is 89.1 Å². The van der Waals surface area contributed by atoms with E-state index in [4.69, 9.17) is 16.1 Å². The van der Waals surface area contributed by atoms with Gasteiger partial charge in [-0.15, -0.1) is 11.5 Å². The molecule has 5 aromatic rings. The molecule has 1 aromatic carbocycles.